The highest BCUT2D eigenvalue weighted by atomic mass is 35.5. The first-order valence-electron chi connectivity index (χ1n) is 8.97. The first-order chi connectivity index (χ1) is 12.7. The van der Waals surface area contributed by atoms with Crippen molar-refractivity contribution in [3.8, 4) is 5.75 Å². The van der Waals surface area contributed by atoms with E-state index in [2.05, 4.69) is 4.90 Å². The maximum absolute atomic E-state index is 9.40. The minimum absolute atomic E-state index is 0.310. The van der Waals surface area contributed by atoms with Crippen molar-refractivity contribution in [1.29, 1.82) is 0 Å². The average Bonchev–Trinajstić information content (AvgIpc) is 3.05. The second-order valence-corrected chi connectivity index (χ2v) is 7.29. The number of piperidine rings is 1. The molecule has 0 amide bonds. The topological polar surface area (TPSA) is 45.8 Å². The molecule has 5 heteroatoms. The highest BCUT2D eigenvalue weighted by Crippen LogP contribution is 2.26. The molecule has 2 aromatic carbocycles. The Morgan fingerprint density at radius 1 is 1.08 bits per heavy atom. The highest BCUT2D eigenvalue weighted by Gasteiger charge is 2.19. The number of ether oxygens (including phenoxy) is 1. The molecule has 0 bridgehead atoms. The van der Waals surface area contributed by atoms with E-state index in [4.69, 9.17) is 20.8 Å². The lowest BCUT2D eigenvalue weighted by molar-refractivity contribution is 0.0688. The SMILES string of the molecule is Oc1ccc(N2CCC(COCc3cc4cc(Cl)ccc4o3)CC2)cc1. The third-order valence-corrected chi connectivity index (χ3v) is 5.19. The summed E-state index contributed by atoms with van der Waals surface area (Å²) >= 11 is 6.01. The van der Waals surface area contributed by atoms with Crippen LogP contribution in [0.25, 0.3) is 11.0 Å². The second kappa shape index (κ2) is 7.60. The van der Waals surface area contributed by atoms with Gasteiger partial charge in [0.1, 0.15) is 23.7 Å². The molecule has 136 valence electrons. The van der Waals surface area contributed by atoms with Gasteiger partial charge in [0, 0.05) is 29.2 Å². The number of nitrogens with zero attached hydrogens (tertiary/aromatic N) is 1. The maximum Gasteiger partial charge on any atom is 0.134 e. The summed E-state index contributed by atoms with van der Waals surface area (Å²) in [5, 5.41) is 11.1. The van der Waals surface area contributed by atoms with Gasteiger partial charge in [-0.05, 0) is 67.3 Å². The molecule has 0 spiro atoms. The molecule has 1 fully saturated rings. The van der Waals surface area contributed by atoms with Crippen LogP contribution in [0.3, 0.4) is 0 Å². The number of anilines is 1. The normalized spacial score (nSPS) is 15.7. The van der Waals surface area contributed by atoms with Crippen molar-refractivity contribution in [3.63, 3.8) is 0 Å². The number of phenols is 1. The predicted octanol–water partition coefficient (Wildman–Crippen LogP) is 5.23. The summed E-state index contributed by atoms with van der Waals surface area (Å²) in [6.07, 6.45) is 2.22. The zero-order valence-electron chi connectivity index (χ0n) is 14.5. The fourth-order valence-electron chi connectivity index (χ4n) is 3.49. The number of furan rings is 1. The number of halogens is 1. The van der Waals surface area contributed by atoms with Crippen LogP contribution in [0.1, 0.15) is 18.6 Å². The summed E-state index contributed by atoms with van der Waals surface area (Å²) in [5.74, 6) is 1.72. The number of rotatable bonds is 5. The van der Waals surface area contributed by atoms with Gasteiger partial charge in [-0.1, -0.05) is 11.6 Å². The largest absolute Gasteiger partial charge is 0.508 e. The number of phenolic OH excluding ortho intramolecular Hbond substituents is 1. The Morgan fingerprint density at radius 2 is 1.85 bits per heavy atom. The highest BCUT2D eigenvalue weighted by molar-refractivity contribution is 6.31. The van der Waals surface area contributed by atoms with Gasteiger partial charge in [-0.2, -0.15) is 0 Å². The Bertz CT molecular complexity index is 867. The first kappa shape index (κ1) is 17.3. The number of benzene rings is 2. The van der Waals surface area contributed by atoms with Crippen LogP contribution in [0.5, 0.6) is 5.75 Å². The van der Waals surface area contributed by atoms with Crippen molar-refractivity contribution < 1.29 is 14.3 Å². The van der Waals surface area contributed by atoms with Gasteiger partial charge in [0.15, 0.2) is 0 Å². The summed E-state index contributed by atoms with van der Waals surface area (Å²) in [6, 6.07) is 15.0. The Morgan fingerprint density at radius 3 is 2.62 bits per heavy atom. The van der Waals surface area contributed by atoms with Crippen LogP contribution in [0.2, 0.25) is 5.02 Å². The van der Waals surface area contributed by atoms with Gasteiger partial charge in [0.2, 0.25) is 0 Å². The molecular weight excluding hydrogens is 350 g/mol. The van der Waals surface area contributed by atoms with Gasteiger partial charge in [0.05, 0.1) is 6.61 Å². The van der Waals surface area contributed by atoms with Crippen molar-refractivity contribution >= 4 is 28.3 Å². The van der Waals surface area contributed by atoms with E-state index < -0.39 is 0 Å². The second-order valence-electron chi connectivity index (χ2n) is 6.86. The van der Waals surface area contributed by atoms with Crippen molar-refractivity contribution in [3.05, 3.63) is 59.3 Å². The van der Waals surface area contributed by atoms with Gasteiger partial charge in [-0.25, -0.2) is 0 Å². The van der Waals surface area contributed by atoms with Gasteiger partial charge in [-0.3, -0.25) is 0 Å². The van der Waals surface area contributed by atoms with E-state index in [1.54, 1.807) is 12.1 Å². The molecule has 2 heterocycles. The minimum Gasteiger partial charge on any atom is -0.508 e. The number of hydrogen-bond donors (Lipinski definition) is 1. The number of hydrogen-bond acceptors (Lipinski definition) is 4. The molecule has 26 heavy (non-hydrogen) atoms. The summed E-state index contributed by atoms with van der Waals surface area (Å²) in [4.78, 5) is 2.36. The molecule has 1 saturated heterocycles. The van der Waals surface area contributed by atoms with E-state index in [9.17, 15) is 5.11 Å². The van der Waals surface area contributed by atoms with Crippen LogP contribution in [-0.4, -0.2) is 24.8 Å². The molecule has 1 N–H and O–H groups in total. The third kappa shape index (κ3) is 3.97. The van der Waals surface area contributed by atoms with Crippen LogP contribution in [0.15, 0.2) is 52.9 Å². The van der Waals surface area contributed by atoms with Crippen molar-refractivity contribution in [2.75, 3.05) is 24.6 Å². The van der Waals surface area contributed by atoms with E-state index in [-0.39, 0.29) is 0 Å². The molecule has 1 aliphatic rings. The first-order valence-corrected chi connectivity index (χ1v) is 9.35. The third-order valence-electron chi connectivity index (χ3n) is 4.96. The fraction of sp³-hybridized carbons (Fsp3) is 0.333. The van der Waals surface area contributed by atoms with Gasteiger partial charge in [-0.15, -0.1) is 0 Å². The van der Waals surface area contributed by atoms with E-state index in [0.29, 0.717) is 23.3 Å². The van der Waals surface area contributed by atoms with E-state index in [1.807, 2.05) is 36.4 Å². The van der Waals surface area contributed by atoms with Crippen LogP contribution in [-0.2, 0) is 11.3 Å². The van der Waals surface area contributed by atoms with Gasteiger partial charge >= 0.3 is 0 Å². The quantitative estimate of drug-likeness (QED) is 0.667. The lowest BCUT2D eigenvalue weighted by Crippen LogP contribution is -2.35. The van der Waals surface area contributed by atoms with Gasteiger partial charge < -0.3 is 19.2 Å². The maximum atomic E-state index is 9.40. The van der Waals surface area contributed by atoms with E-state index in [0.717, 1.165) is 49.3 Å². The number of fused-ring (bicyclic) bond motifs is 1. The molecule has 4 nitrogen and oxygen atoms in total. The molecule has 0 atom stereocenters. The molecule has 1 aromatic heterocycles. The molecular formula is C21H22ClNO3. The fourth-order valence-corrected chi connectivity index (χ4v) is 3.67. The monoisotopic (exact) mass is 371 g/mol. The Balaban J connectivity index is 1.25. The molecule has 3 aromatic rings. The molecule has 0 aliphatic carbocycles. The molecule has 0 radical (unpaired) electrons. The smallest absolute Gasteiger partial charge is 0.134 e. The number of aromatic hydroxyl groups is 1. The molecule has 1 aliphatic heterocycles. The summed E-state index contributed by atoms with van der Waals surface area (Å²) < 4.78 is 11.7. The molecule has 4 rings (SSSR count). The van der Waals surface area contributed by atoms with E-state index >= 15 is 0 Å². The predicted molar refractivity (Wildman–Crippen MR) is 104 cm³/mol. The van der Waals surface area contributed by atoms with Crippen molar-refractivity contribution in [2.45, 2.75) is 19.4 Å². The van der Waals surface area contributed by atoms with Crippen LogP contribution in [0.4, 0.5) is 5.69 Å². The summed E-state index contributed by atoms with van der Waals surface area (Å²) in [5.41, 5.74) is 2.01. The lowest BCUT2D eigenvalue weighted by atomic mass is 9.97. The standard InChI is InChI=1S/C21H22ClNO3/c22-17-1-6-21-16(11-17)12-20(26-21)14-25-13-15-7-9-23(10-8-15)18-2-4-19(24)5-3-18/h1-6,11-12,15,24H,7-10,13-14H2. The van der Waals surface area contributed by atoms with Crippen molar-refractivity contribution in [2.24, 2.45) is 5.92 Å². The summed E-state index contributed by atoms with van der Waals surface area (Å²) in [6.45, 7) is 3.27. The van der Waals surface area contributed by atoms with Gasteiger partial charge in [0.25, 0.3) is 0 Å². The van der Waals surface area contributed by atoms with E-state index in [1.165, 1.54) is 5.69 Å². The Kier molecular flexibility index (Phi) is 5.05. The summed E-state index contributed by atoms with van der Waals surface area (Å²) in [7, 11) is 0. The average molecular weight is 372 g/mol. The Hall–Kier alpha value is -2.17. The van der Waals surface area contributed by atoms with Crippen molar-refractivity contribution in [1.82, 2.24) is 0 Å². The van der Waals surface area contributed by atoms with Crippen LogP contribution in [0, 0.1) is 5.92 Å². The lowest BCUT2D eigenvalue weighted by Gasteiger charge is -2.33. The van der Waals surface area contributed by atoms with Crippen LogP contribution < -0.4 is 4.90 Å². The molecule has 0 saturated carbocycles. The minimum atomic E-state index is 0.310. The zero-order chi connectivity index (χ0) is 17.9. The Labute approximate surface area is 157 Å². The van der Waals surface area contributed by atoms with Crippen LogP contribution >= 0.6 is 11.6 Å². The molecule has 0 unspecified atom stereocenters. The zero-order valence-corrected chi connectivity index (χ0v) is 15.3.